The average molecular weight is 294 g/mol. The first-order valence-corrected chi connectivity index (χ1v) is 7.40. The van der Waals surface area contributed by atoms with Crippen molar-refractivity contribution in [3.63, 3.8) is 0 Å². The average Bonchev–Trinajstić information content (AvgIpc) is 2.51. The molecular formula is C16H26N2O3. The normalized spacial score (nSPS) is 10.4. The maximum Gasteiger partial charge on any atom is 0.260 e. The summed E-state index contributed by atoms with van der Waals surface area (Å²) in [6.45, 7) is 7.69. The molecule has 1 aromatic carbocycles. The summed E-state index contributed by atoms with van der Waals surface area (Å²) in [7, 11) is 1.68. The first kappa shape index (κ1) is 17.5. The molecule has 5 nitrogen and oxygen atoms in total. The van der Waals surface area contributed by atoms with E-state index in [4.69, 9.17) is 9.47 Å². The highest BCUT2D eigenvalue weighted by Gasteiger charge is 2.10. The van der Waals surface area contributed by atoms with Gasteiger partial charge in [-0.05, 0) is 31.5 Å². The topological polar surface area (TPSA) is 50.8 Å². The molecule has 0 aliphatic heterocycles. The number of nitrogens with one attached hydrogen (secondary N) is 1. The molecule has 0 spiro atoms. The molecule has 0 aromatic heterocycles. The van der Waals surface area contributed by atoms with Crippen LogP contribution in [0.5, 0.6) is 5.75 Å². The first-order valence-electron chi connectivity index (χ1n) is 7.40. The molecule has 1 amide bonds. The van der Waals surface area contributed by atoms with Gasteiger partial charge >= 0.3 is 0 Å². The highest BCUT2D eigenvalue weighted by molar-refractivity contribution is 5.77. The lowest BCUT2D eigenvalue weighted by Gasteiger charge is -2.18. The van der Waals surface area contributed by atoms with Gasteiger partial charge in [0.25, 0.3) is 5.91 Å². The Morgan fingerprint density at radius 3 is 2.71 bits per heavy atom. The SMILES string of the molecule is CCN(CC)C(=O)COc1cccc(CNCCOC)c1. The van der Waals surface area contributed by atoms with Crippen LogP contribution in [-0.4, -0.2) is 50.8 Å². The molecule has 118 valence electrons. The third-order valence-corrected chi connectivity index (χ3v) is 3.19. The van der Waals surface area contributed by atoms with E-state index in [1.54, 1.807) is 12.0 Å². The van der Waals surface area contributed by atoms with Gasteiger partial charge in [-0.2, -0.15) is 0 Å². The fraction of sp³-hybridized carbons (Fsp3) is 0.562. The fourth-order valence-electron chi connectivity index (χ4n) is 1.96. The number of hydrogen-bond acceptors (Lipinski definition) is 4. The number of methoxy groups -OCH3 is 1. The van der Waals surface area contributed by atoms with Crippen LogP contribution in [-0.2, 0) is 16.1 Å². The highest BCUT2D eigenvalue weighted by Crippen LogP contribution is 2.13. The monoisotopic (exact) mass is 294 g/mol. The van der Waals surface area contributed by atoms with Crippen LogP contribution in [0.1, 0.15) is 19.4 Å². The van der Waals surface area contributed by atoms with Gasteiger partial charge in [0.05, 0.1) is 6.61 Å². The Balaban J connectivity index is 2.43. The highest BCUT2D eigenvalue weighted by atomic mass is 16.5. The van der Waals surface area contributed by atoms with Gasteiger partial charge in [-0.3, -0.25) is 4.79 Å². The number of benzene rings is 1. The minimum Gasteiger partial charge on any atom is -0.484 e. The number of nitrogens with zero attached hydrogens (tertiary/aromatic N) is 1. The summed E-state index contributed by atoms with van der Waals surface area (Å²) in [4.78, 5) is 13.6. The van der Waals surface area contributed by atoms with Crippen molar-refractivity contribution in [1.82, 2.24) is 10.2 Å². The Bertz CT molecular complexity index is 420. The lowest BCUT2D eigenvalue weighted by Crippen LogP contribution is -2.34. The van der Waals surface area contributed by atoms with E-state index in [0.29, 0.717) is 19.7 Å². The molecular weight excluding hydrogens is 268 g/mol. The smallest absolute Gasteiger partial charge is 0.260 e. The van der Waals surface area contributed by atoms with Crippen LogP contribution in [0.4, 0.5) is 0 Å². The van der Waals surface area contributed by atoms with E-state index in [9.17, 15) is 4.79 Å². The second-order valence-corrected chi connectivity index (χ2v) is 4.67. The van der Waals surface area contributed by atoms with E-state index in [1.165, 1.54) is 0 Å². The zero-order valence-corrected chi connectivity index (χ0v) is 13.2. The second kappa shape index (κ2) is 10.2. The van der Waals surface area contributed by atoms with Gasteiger partial charge in [-0.25, -0.2) is 0 Å². The van der Waals surface area contributed by atoms with Crippen molar-refractivity contribution >= 4 is 5.91 Å². The van der Waals surface area contributed by atoms with E-state index in [0.717, 1.165) is 24.4 Å². The third-order valence-electron chi connectivity index (χ3n) is 3.19. The Labute approximate surface area is 127 Å². The standard InChI is InChI=1S/C16H26N2O3/c1-4-18(5-2)16(19)13-21-15-8-6-7-14(11-15)12-17-9-10-20-3/h6-8,11,17H,4-5,9-10,12-13H2,1-3H3. The molecule has 0 bridgehead atoms. The molecule has 21 heavy (non-hydrogen) atoms. The van der Waals surface area contributed by atoms with Gasteiger partial charge in [0, 0.05) is 33.3 Å². The Hall–Kier alpha value is -1.59. The van der Waals surface area contributed by atoms with Crippen LogP contribution >= 0.6 is 0 Å². The summed E-state index contributed by atoms with van der Waals surface area (Å²) >= 11 is 0. The maximum absolute atomic E-state index is 11.9. The zero-order valence-electron chi connectivity index (χ0n) is 13.2. The predicted octanol–water partition coefficient (Wildman–Crippen LogP) is 1.67. The molecule has 1 N–H and O–H groups in total. The largest absolute Gasteiger partial charge is 0.484 e. The summed E-state index contributed by atoms with van der Waals surface area (Å²) in [5.74, 6) is 0.741. The quantitative estimate of drug-likeness (QED) is 0.667. The fourth-order valence-corrected chi connectivity index (χ4v) is 1.96. The number of rotatable bonds is 10. The minimum atomic E-state index is 0.0172. The van der Waals surface area contributed by atoms with E-state index >= 15 is 0 Å². The van der Waals surface area contributed by atoms with E-state index in [1.807, 2.05) is 38.1 Å². The van der Waals surface area contributed by atoms with E-state index in [2.05, 4.69) is 5.32 Å². The van der Waals surface area contributed by atoms with Crippen LogP contribution in [0.2, 0.25) is 0 Å². The molecule has 0 radical (unpaired) electrons. The zero-order chi connectivity index (χ0) is 15.5. The molecule has 0 fully saturated rings. The van der Waals surface area contributed by atoms with Gasteiger partial charge in [0.1, 0.15) is 5.75 Å². The Kier molecular flexibility index (Phi) is 8.47. The number of hydrogen-bond donors (Lipinski definition) is 1. The van der Waals surface area contributed by atoms with Crippen LogP contribution in [0.3, 0.4) is 0 Å². The van der Waals surface area contributed by atoms with E-state index < -0.39 is 0 Å². The first-order chi connectivity index (χ1) is 10.2. The summed E-state index contributed by atoms with van der Waals surface area (Å²) in [6.07, 6.45) is 0. The van der Waals surface area contributed by atoms with E-state index in [-0.39, 0.29) is 12.5 Å². The maximum atomic E-state index is 11.9. The van der Waals surface area contributed by atoms with Gasteiger partial charge < -0.3 is 19.7 Å². The molecule has 0 saturated carbocycles. The summed E-state index contributed by atoms with van der Waals surface area (Å²) in [5.41, 5.74) is 1.12. The lowest BCUT2D eigenvalue weighted by molar-refractivity contribution is -0.132. The lowest BCUT2D eigenvalue weighted by atomic mass is 10.2. The second-order valence-electron chi connectivity index (χ2n) is 4.67. The number of likely N-dealkylation sites (N-methyl/N-ethyl adjacent to an activating group) is 1. The van der Waals surface area contributed by atoms with Crippen molar-refractivity contribution in [3.8, 4) is 5.75 Å². The number of amides is 1. The van der Waals surface area contributed by atoms with Crippen molar-refractivity contribution in [3.05, 3.63) is 29.8 Å². The molecule has 0 unspecified atom stereocenters. The number of ether oxygens (including phenoxy) is 2. The van der Waals surface area contributed by atoms with Crippen molar-refractivity contribution in [2.75, 3.05) is 40.0 Å². The summed E-state index contributed by atoms with van der Waals surface area (Å²) in [5, 5.41) is 3.28. The van der Waals surface area contributed by atoms with Crippen molar-refractivity contribution in [1.29, 1.82) is 0 Å². The van der Waals surface area contributed by atoms with Crippen molar-refractivity contribution in [2.45, 2.75) is 20.4 Å². The van der Waals surface area contributed by atoms with Crippen LogP contribution < -0.4 is 10.1 Å². The van der Waals surface area contributed by atoms with Crippen LogP contribution in [0.15, 0.2) is 24.3 Å². The van der Waals surface area contributed by atoms with Crippen molar-refractivity contribution in [2.24, 2.45) is 0 Å². The molecule has 0 saturated heterocycles. The summed E-state index contributed by atoms with van der Waals surface area (Å²) < 4.78 is 10.6. The van der Waals surface area contributed by atoms with Crippen molar-refractivity contribution < 1.29 is 14.3 Å². The Morgan fingerprint density at radius 2 is 2.05 bits per heavy atom. The molecule has 1 aromatic rings. The van der Waals surface area contributed by atoms with Crippen LogP contribution in [0, 0.1) is 0 Å². The number of carbonyl (C=O) groups is 1. The minimum absolute atomic E-state index is 0.0172. The third kappa shape index (κ3) is 6.60. The predicted molar refractivity (Wildman–Crippen MR) is 83.4 cm³/mol. The molecule has 0 aliphatic rings. The van der Waals surface area contributed by atoms with Gasteiger partial charge in [0.15, 0.2) is 6.61 Å². The van der Waals surface area contributed by atoms with Gasteiger partial charge in [0.2, 0.25) is 0 Å². The van der Waals surface area contributed by atoms with Gasteiger partial charge in [-0.15, -0.1) is 0 Å². The molecule has 0 heterocycles. The molecule has 5 heteroatoms. The molecule has 0 atom stereocenters. The summed E-state index contributed by atoms with van der Waals surface area (Å²) in [6, 6.07) is 7.78. The molecule has 1 rings (SSSR count). The molecule has 0 aliphatic carbocycles. The number of carbonyl (C=O) groups excluding carboxylic acids is 1. The Morgan fingerprint density at radius 1 is 1.29 bits per heavy atom. The van der Waals surface area contributed by atoms with Gasteiger partial charge in [-0.1, -0.05) is 12.1 Å². The van der Waals surface area contributed by atoms with Crippen LogP contribution in [0.25, 0.3) is 0 Å².